The van der Waals surface area contributed by atoms with E-state index >= 15 is 0 Å². The molecule has 2 aromatic heterocycles. The zero-order valence-corrected chi connectivity index (χ0v) is 18.8. The molecule has 2 heterocycles. The number of hydrogen-bond donors (Lipinski definition) is 1. The van der Waals surface area contributed by atoms with Crippen molar-refractivity contribution in [2.75, 3.05) is 6.61 Å². The lowest BCUT2D eigenvalue weighted by Crippen LogP contribution is -2.28. The topological polar surface area (TPSA) is 78.3 Å². The zero-order chi connectivity index (χ0) is 25.0. The van der Waals surface area contributed by atoms with Gasteiger partial charge < -0.3 is 14.8 Å². The second-order valence-corrected chi connectivity index (χ2v) is 7.78. The van der Waals surface area contributed by atoms with Gasteiger partial charge in [-0.2, -0.15) is 4.98 Å². The van der Waals surface area contributed by atoms with Crippen LogP contribution in [0, 0.1) is 0 Å². The summed E-state index contributed by atoms with van der Waals surface area (Å²) in [4.78, 5) is 21.1. The molecule has 0 unspecified atom stereocenters. The summed E-state index contributed by atoms with van der Waals surface area (Å²) in [5.41, 5.74) is 2.74. The summed E-state index contributed by atoms with van der Waals surface area (Å²) < 4.78 is 48.4. The largest absolute Gasteiger partial charge is 0.573 e. The minimum Gasteiger partial charge on any atom is -0.454 e. The number of rotatable bonds is 8. The van der Waals surface area contributed by atoms with Gasteiger partial charge in [0, 0.05) is 16.9 Å². The van der Waals surface area contributed by atoms with Crippen molar-refractivity contribution in [3.63, 3.8) is 0 Å². The number of carbonyl (C=O) groups is 1. The van der Waals surface area contributed by atoms with Crippen LogP contribution >= 0.6 is 11.6 Å². The third-order valence-electron chi connectivity index (χ3n) is 4.78. The number of benzene rings is 2. The number of ether oxygens (including phenoxy) is 2. The molecule has 2 aromatic carbocycles. The van der Waals surface area contributed by atoms with Crippen molar-refractivity contribution >= 4 is 34.4 Å². The number of nitrogens with zero attached hydrogens (tertiary/aromatic N) is 3. The molecule has 4 aromatic rings. The highest BCUT2D eigenvalue weighted by atomic mass is 35.5. The van der Waals surface area contributed by atoms with Gasteiger partial charge in [-0.3, -0.25) is 9.36 Å². The van der Waals surface area contributed by atoms with Crippen molar-refractivity contribution in [3.8, 4) is 11.8 Å². The van der Waals surface area contributed by atoms with Crippen molar-refractivity contribution < 1.29 is 27.4 Å². The number of carbonyl (C=O) groups excluding carboxylic acids is 1. The summed E-state index contributed by atoms with van der Waals surface area (Å²) in [6.45, 7) is 3.68. The van der Waals surface area contributed by atoms with Gasteiger partial charge in [-0.1, -0.05) is 42.4 Å². The Morgan fingerprint density at radius 3 is 2.49 bits per heavy atom. The van der Waals surface area contributed by atoms with Gasteiger partial charge in [0.1, 0.15) is 11.3 Å². The number of alkyl halides is 3. The number of pyridine rings is 1. The Balaban J connectivity index is 1.47. The SMILES string of the molecule is C=C(NC(=O)COc1nc2cccnc2n1Cc1ccc(OC(F)(F)F)cc1)c1ccc(Cl)cc1. The number of amides is 1. The number of aromatic nitrogens is 3. The maximum Gasteiger partial charge on any atom is 0.573 e. The molecule has 11 heteroatoms. The number of hydrogen-bond acceptors (Lipinski definition) is 5. The Labute approximate surface area is 202 Å². The van der Waals surface area contributed by atoms with Gasteiger partial charge in [-0.25, -0.2) is 4.98 Å². The van der Waals surface area contributed by atoms with E-state index in [-0.39, 0.29) is 24.9 Å². The predicted octanol–water partition coefficient (Wildman–Crippen LogP) is 5.20. The first kappa shape index (κ1) is 24.1. The van der Waals surface area contributed by atoms with Crippen molar-refractivity contribution in [1.82, 2.24) is 19.9 Å². The van der Waals surface area contributed by atoms with E-state index in [1.54, 1.807) is 47.2 Å². The average molecular weight is 503 g/mol. The molecular formula is C24H18ClF3N4O3. The highest BCUT2D eigenvalue weighted by Gasteiger charge is 2.31. The molecule has 1 amide bonds. The molecule has 0 spiro atoms. The second-order valence-electron chi connectivity index (χ2n) is 7.34. The smallest absolute Gasteiger partial charge is 0.454 e. The third-order valence-corrected chi connectivity index (χ3v) is 5.03. The quantitative estimate of drug-likeness (QED) is 0.358. The molecule has 1 N–H and O–H groups in total. The Bertz CT molecular complexity index is 1350. The van der Waals surface area contributed by atoms with Crippen LogP contribution in [0.5, 0.6) is 11.8 Å². The lowest BCUT2D eigenvalue weighted by atomic mass is 10.2. The first-order valence-electron chi connectivity index (χ1n) is 10.2. The fraction of sp³-hybridized carbons (Fsp3) is 0.125. The van der Waals surface area contributed by atoms with E-state index in [1.807, 2.05) is 0 Å². The second kappa shape index (κ2) is 10.1. The molecule has 0 saturated heterocycles. The average Bonchev–Trinajstić information content (AvgIpc) is 3.16. The van der Waals surface area contributed by atoms with E-state index in [2.05, 4.69) is 26.6 Å². The third kappa shape index (κ3) is 6.30. The van der Waals surface area contributed by atoms with E-state index in [1.165, 1.54) is 24.3 Å². The summed E-state index contributed by atoms with van der Waals surface area (Å²) in [6, 6.07) is 15.8. The molecule has 0 aliphatic rings. The van der Waals surface area contributed by atoms with Crippen molar-refractivity contribution in [2.45, 2.75) is 12.9 Å². The molecule has 0 radical (unpaired) electrons. The van der Waals surface area contributed by atoms with Gasteiger partial charge in [-0.15, -0.1) is 13.2 Å². The minimum absolute atomic E-state index is 0.126. The lowest BCUT2D eigenvalue weighted by Gasteiger charge is -2.12. The van der Waals surface area contributed by atoms with Crippen LogP contribution in [-0.2, 0) is 11.3 Å². The van der Waals surface area contributed by atoms with Crippen LogP contribution in [0.2, 0.25) is 5.02 Å². The van der Waals surface area contributed by atoms with Crippen molar-refractivity contribution in [2.24, 2.45) is 0 Å². The molecule has 0 atom stereocenters. The van der Waals surface area contributed by atoms with E-state index in [9.17, 15) is 18.0 Å². The first-order chi connectivity index (χ1) is 16.7. The standard InChI is InChI=1S/C24H18ClF3N4O3/c1-15(17-6-8-18(25)9-7-17)30-21(33)14-34-23-31-20-3-2-12-29-22(20)32(23)13-16-4-10-19(11-5-16)35-24(26,27)28/h2-12H,1,13-14H2,(H,30,33). The molecule has 0 saturated carbocycles. The highest BCUT2D eigenvalue weighted by Crippen LogP contribution is 2.25. The van der Waals surface area contributed by atoms with Gasteiger partial charge in [0.15, 0.2) is 12.3 Å². The van der Waals surface area contributed by atoms with Crippen molar-refractivity contribution in [3.05, 3.63) is 89.6 Å². The normalized spacial score (nSPS) is 11.3. The Hall–Kier alpha value is -4.05. The first-order valence-corrected chi connectivity index (χ1v) is 10.6. The predicted molar refractivity (Wildman–Crippen MR) is 124 cm³/mol. The molecule has 0 fully saturated rings. The Morgan fingerprint density at radius 1 is 1.09 bits per heavy atom. The van der Waals surface area contributed by atoms with Crippen LogP contribution in [0.1, 0.15) is 11.1 Å². The van der Waals surface area contributed by atoms with Gasteiger partial charge in [0.05, 0.1) is 6.54 Å². The van der Waals surface area contributed by atoms with E-state index in [0.29, 0.717) is 33.0 Å². The number of nitrogens with one attached hydrogen (secondary N) is 1. The zero-order valence-electron chi connectivity index (χ0n) is 18.1. The van der Waals surface area contributed by atoms with Crippen LogP contribution in [0.15, 0.2) is 73.4 Å². The Morgan fingerprint density at radius 2 is 1.80 bits per heavy atom. The fourth-order valence-electron chi connectivity index (χ4n) is 3.23. The fourth-order valence-corrected chi connectivity index (χ4v) is 3.35. The summed E-state index contributed by atoms with van der Waals surface area (Å²) in [7, 11) is 0. The highest BCUT2D eigenvalue weighted by molar-refractivity contribution is 6.30. The summed E-state index contributed by atoms with van der Waals surface area (Å²) in [6.07, 6.45) is -3.19. The van der Waals surface area contributed by atoms with Crippen molar-refractivity contribution in [1.29, 1.82) is 0 Å². The molecule has 7 nitrogen and oxygen atoms in total. The molecule has 4 rings (SSSR count). The number of halogens is 4. The molecule has 0 aliphatic carbocycles. The molecular weight excluding hydrogens is 485 g/mol. The van der Waals surface area contributed by atoms with Gasteiger partial charge in [0.2, 0.25) is 0 Å². The van der Waals surface area contributed by atoms with Crippen LogP contribution < -0.4 is 14.8 Å². The Kier molecular flexibility index (Phi) is 6.92. The van der Waals surface area contributed by atoms with E-state index in [0.717, 1.165) is 0 Å². The number of fused-ring (bicyclic) bond motifs is 1. The van der Waals surface area contributed by atoms with Gasteiger partial charge >= 0.3 is 6.36 Å². The molecule has 35 heavy (non-hydrogen) atoms. The summed E-state index contributed by atoms with van der Waals surface area (Å²) >= 11 is 5.88. The molecule has 180 valence electrons. The maximum absolute atomic E-state index is 12.4. The molecule has 0 aliphatic heterocycles. The van der Waals surface area contributed by atoms with Crippen LogP contribution in [0.25, 0.3) is 16.9 Å². The van der Waals surface area contributed by atoms with Gasteiger partial charge in [0.25, 0.3) is 11.9 Å². The number of imidazole rings is 1. The maximum atomic E-state index is 12.4. The van der Waals surface area contributed by atoms with E-state index in [4.69, 9.17) is 16.3 Å². The summed E-state index contributed by atoms with van der Waals surface area (Å²) in [5, 5.41) is 3.22. The van der Waals surface area contributed by atoms with Crippen LogP contribution in [0.3, 0.4) is 0 Å². The lowest BCUT2D eigenvalue weighted by molar-refractivity contribution is -0.274. The molecule has 0 bridgehead atoms. The minimum atomic E-state index is -4.77. The van der Waals surface area contributed by atoms with Crippen LogP contribution in [-0.4, -0.2) is 33.4 Å². The summed E-state index contributed by atoms with van der Waals surface area (Å²) in [5.74, 6) is -0.783. The van der Waals surface area contributed by atoms with Gasteiger partial charge in [-0.05, 0) is 47.5 Å². The van der Waals surface area contributed by atoms with E-state index < -0.39 is 12.3 Å². The van der Waals surface area contributed by atoms with Crippen LogP contribution in [0.4, 0.5) is 13.2 Å². The monoisotopic (exact) mass is 502 g/mol.